The number of benzene rings is 3. The lowest BCUT2D eigenvalue weighted by molar-refractivity contribution is -0.385. The molecule has 1 aliphatic rings. The molecule has 0 saturated carbocycles. The second-order valence-electron chi connectivity index (χ2n) is 5.83. The Morgan fingerprint density at radius 1 is 1.00 bits per heavy atom. The molecule has 0 radical (unpaired) electrons. The first kappa shape index (κ1) is 17.4. The van der Waals surface area contributed by atoms with E-state index in [-0.39, 0.29) is 11.6 Å². The second-order valence-corrected chi connectivity index (χ2v) is 7.51. The lowest BCUT2D eigenvalue weighted by Gasteiger charge is -2.17. The number of fused-ring (bicyclic) bond motifs is 1. The Balaban J connectivity index is 1.78. The van der Waals surface area contributed by atoms with Crippen LogP contribution in [0.25, 0.3) is 16.8 Å². The number of para-hydroxylation sites is 1. The van der Waals surface area contributed by atoms with E-state index in [1.54, 1.807) is 18.2 Å². The first-order chi connectivity index (χ1) is 13.1. The maximum absolute atomic E-state index is 13.0. The van der Waals surface area contributed by atoms with Crippen LogP contribution in [-0.2, 0) is 4.79 Å². The fraction of sp³-hybridized carbons (Fsp3) is 0. The first-order valence-corrected chi connectivity index (χ1v) is 9.28. The second kappa shape index (κ2) is 6.94. The van der Waals surface area contributed by atoms with Gasteiger partial charge in [-0.3, -0.25) is 19.8 Å². The van der Waals surface area contributed by atoms with Crippen molar-refractivity contribution in [3.05, 3.63) is 87.3 Å². The van der Waals surface area contributed by atoms with E-state index in [9.17, 15) is 14.9 Å². The minimum absolute atomic E-state index is 0.0482. The summed E-state index contributed by atoms with van der Waals surface area (Å²) in [6, 6.07) is 19.8. The molecule has 1 saturated heterocycles. The molecule has 1 aliphatic heterocycles. The fourth-order valence-electron chi connectivity index (χ4n) is 3.00. The molecule has 3 aromatic rings. The Labute approximate surface area is 164 Å². The number of hydrogen-bond acceptors (Lipinski definition) is 5. The highest BCUT2D eigenvalue weighted by Gasteiger charge is 2.34. The van der Waals surface area contributed by atoms with Crippen molar-refractivity contribution in [2.75, 3.05) is 4.90 Å². The van der Waals surface area contributed by atoms with E-state index in [1.165, 1.54) is 17.0 Å². The van der Waals surface area contributed by atoms with Crippen molar-refractivity contribution >= 4 is 62.4 Å². The summed E-state index contributed by atoms with van der Waals surface area (Å²) in [4.78, 5) is 25.6. The third-order valence-electron chi connectivity index (χ3n) is 4.22. The summed E-state index contributed by atoms with van der Waals surface area (Å²) in [5, 5.41) is 13.1. The number of anilines is 1. The number of nitro groups is 1. The average Bonchev–Trinajstić information content (AvgIpc) is 2.95. The zero-order valence-corrected chi connectivity index (χ0v) is 15.5. The van der Waals surface area contributed by atoms with Gasteiger partial charge in [-0.2, -0.15) is 0 Å². The quantitative estimate of drug-likeness (QED) is 0.267. The van der Waals surface area contributed by atoms with Crippen molar-refractivity contribution in [1.82, 2.24) is 0 Å². The van der Waals surface area contributed by atoms with Gasteiger partial charge in [-0.05, 0) is 23.6 Å². The third kappa shape index (κ3) is 3.11. The molecule has 0 N–H and O–H groups in total. The summed E-state index contributed by atoms with van der Waals surface area (Å²) in [6.45, 7) is 0. The predicted octanol–water partition coefficient (Wildman–Crippen LogP) is 5.15. The summed E-state index contributed by atoms with van der Waals surface area (Å²) in [6.07, 6.45) is 1.53. The van der Waals surface area contributed by atoms with Gasteiger partial charge in [-0.25, -0.2) is 0 Å². The van der Waals surface area contributed by atoms with Crippen LogP contribution in [0.2, 0.25) is 0 Å². The van der Waals surface area contributed by atoms with Gasteiger partial charge in [-0.1, -0.05) is 72.5 Å². The summed E-state index contributed by atoms with van der Waals surface area (Å²) in [5.41, 5.74) is 1.04. The van der Waals surface area contributed by atoms with Gasteiger partial charge in [0.05, 0.1) is 21.1 Å². The summed E-state index contributed by atoms with van der Waals surface area (Å²) in [7, 11) is 0. The highest BCUT2D eigenvalue weighted by atomic mass is 32.2. The van der Waals surface area contributed by atoms with Crippen molar-refractivity contribution < 1.29 is 9.72 Å². The van der Waals surface area contributed by atoms with E-state index < -0.39 is 4.92 Å². The van der Waals surface area contributed by atoms with Crippen LogP contribution in [-0.4, -0.2) is 15.2 Å². The van der Waals surface area contributed by atoms with E-state index >= 15 is 0 Å². The fourth-order valence-corrected chi connectivity index (χ4v) is 4.27. The maximum atomic E-state index is 13.0. The van der Waals surface area contributed by atoms with Crippen LogP contribution in [0.5, 0.6) is 0 Å². The Kier molecular flexibility index (Phi) is 4.47. The maximum Gasteiger partial charge on any atom is 0.276 e. The average molecular weight is 392 g/mol. The number of thioether (sulfide) groups is 1. The Hall–Kier alpha value is -3.03. The summed E-state index contributed by atoms with van der Waals surface area (Å²) in [5.74, 6) is -0.278. The monoisotopic (exact) mass is 392 g/mol. The number of thiocarbonyl (C=S) groups is 1. The molecule has 0 unspecified atom stereocenters. The third-order valence-corrected chi connectivity index (χ3v) is 5.52. The molecule has 0 atom stereocenters. The normalized spacial score (nSPS) is 15.7. The number of carbonyl (C=O) groups excluding carboxylic acids is 1. The van der Waals surface area contributed by atoms with Gasteiger partial charge in [0.15, 0.2) is 4.32 Å². The van der Waals surface area contributed by atoms with Crippen LogP contribution in [0.3, 0.4) is 0 Å². The lowest BCUT2D eigenvalue weighted by Crippen LogP contribution is -2.27. The molecular weight excluding hydrogens is 380 g/mol. The molecule has 4 rings (SSSR count). The zero-order chi connectivity index (χ0) is 19.0. The van der Waals surface area contributed by atoms with E-state index in [2.05, 4.69) is 0 Å². The molecule has 5 nitrogen and oxygen atoms in total. The van der Waals surface area contributed by atoms with Crippen LogP contribution in [0.4, 0.5) is 11.4 Å². The minimum atomic E-state index is -0.461. The number of hydrogen-bond donors (Lipinski definition) is 0. The van der Waals surface area contributed by atoms with Gasteiger partial charge in [-0.15, -0.1) is 0 Å². The standard InChI is InChI=1S/C20H12N2O3S2/c23-19-18(12-14-7-2-4-10-16(14)22(24)25)27-20(26)21(19)17-11-5-8-13-6-1-3-9-15(13)17/h1-12H/b18-12-. The molecule has 7 heteroatoms. The Bertz CT molecular complexity index is 1140. The molecule has 27 heavy (non-hydrogen) atoms. The predicted molar refractivity (Wildman–Crippen MR) is 113 cm³/mol. The van der Waals surface area contributed by atoms with E-state index in [4.69, 9.17) is 12.2 Å². The molecule has 0 bridgehead atoms. The Morgan fingerprint density at radius 3 is 2.52 bits per heavy atom. The largest absolute Gasteiger partial charge is 0.276 e. The van der Waals surface area contributed by atoms with Crippen molar-refractivity contribution in [3.8, 4) is 0 Å². The molecule has 1 fully saturated rings. The van der Waals surface area contributed by atoms with Crippen LogP contribution in [0.1, 0.15) is 5.56 Å². The minimum Gasteiger partial charge on any atom is -0.268 e. The topological polar surface area (TPSA) is 63.4 Å². The molecule has 0 aromatic heterocycles. The molecule has 0 aliphatic carbocycles. The SMILES string of the molecule is O=C1/C(=C/c2ccccc2[N+](=O)[O-])SC(=S)N1c1cccc2ccccc12. The molecule has 132 valence electrons. The summed E-state index contributed by atoms with van der Waals surface area (Å²) >= 11 is 6.58. The number of nitro benzene ring substituents is 1. The zero-order valence-electron chi connectivity index (χ0n) is 13.9. The van der Waals surface area contributed by atoms with Gasteiger partial charge >= 0.3 is 0 Å². The van der Waals surface area contributed by atoms with Gasteiger partial charge in [0.1, 0.15) is 0 Å². The van der Waals surface area contributed by atoms with E-state index in [0.29, 0.717) is 20.5 Å². The lowest BCUT2D eigenvalue weighted by atomic mass is 10.1. The van der Waals surface area contributed by atoms with Crippen molar-refractivity contribution in [2.24, 2.45) is 0 Å². The van der Waals surface area contributed by atoms with E-state index in [1.807, 2.05) is 42.5 Å². The van der Waals surface area contributed by atoms with Gasteiger partial charge in [0, 0.05) is 11.5 Å². The first-order valence-electron chi connectivity index (χ1n) is 8.05. The molecule has 0 spiro atoms. The Morgan fingerprint density at radius 2 is 1.70 bits per heavy atom. The molecule has 1 amide bonds. The highest BCUT2D eigenvalue weighted by molar-refractivity contribution is 8.27. The smallest absolute Gasteiger partial charge is 0.268 e. The van der Waals surface area contributed by atoms with Crippen LogP contribution < -0.4 is 4.90 Å². The molecular formula is C20H12N2O3S2. The van der Waals surface area contributed by atoms with Crippen molar-refractivity contribution in [3.63, 3.8) is 0 Å². The molecule has 3 aromatic carbocycles. The van der Waals surface area contributed by atoms with Gasteiger partial charge < -0.3 is 0 Å². The number of nitrogens with zero attached hydrogens (tertiary/aromatic N) is 2. The van der Waals surface area contributed by atoms with Crippen molar-refractivity contribution in [1.29, 1.82) is 0 Å². The van der Waals surface area contributed by atoms with Crippen molar-refractivity contribution in [2.45, 2.75) is 0 Å². The van der Waals surface area contributed by atoms with Gasteiger partial charge in [0.2, 0.25) is 0 Å². The number of amides is 1. The van der Waals surface area contributed by atoms with Gasteiger partial charge in [0.25, 0.3) is 11.6 Å². The van der Waals surface area contributed by atoms with E-state index in [0.717, 1.165) is 22.5 Å². The van der Waals surface area contributed by atoms with Crippen LogP contribution in [0, 0.1) is 10.1 Å². The highest BCUT2D eigenvalue weighted by Crippen LogP contribution is 2.39. The van der Waals surface area contributed by atoms with Crippen LogP contribution in [0.15, 0.2) is 71.6 Å². The number of rotatable bonds is 3. The summed E-state index contributed by atoms with van der Waals surface area (Å²) < 4.78 is 0.404. The molecule has 1 heterocycles. The number of carbonyl (C=O) groups is 1. The van der Waals surface area contributed by atoms with Crippen LogP contribution >= 0.6 is 24.0 Å².